The molecule has 1 aliphatic heterocycles. The van der Waals surface area contributed by atoms with E-state index in [2.05, 4.69) is 22.3 Å². The van der Waals surface area contributed by atoms with Crippen molar-refractivity contribution >= 4 is 24.0 Å². The van der Waals surface area contributed by atoms with Gasteiger partial charge in [-0.05, 0) is 68.5 Å². The Morgan fingerprint density at radius 1 is 1.10 bits per heavy atom. The second-order valence-corrected chi connectivity index (χ2v) is 5.68. The van der Waals surface area contributed by atoms with Crippen LogP contribution in [0.2, 0.25) is 0 Å². The quantitative estimate of drug-likeness (QED) is 0.926. The van der Waals surface area contributed by atoms with Gasteiger partial charge >= 0.3 is 0 Å². The first-order valence-electron chi connectivity index (χ1n) is 7.45. The van der Waals surface area contributed by atoms with Crippen LogP contribution in [-0.4, -0.2) is 30.4 Å². The van der Waals surface area contributed by atoms with Gasteiger partial charge < -0.3 is 10.2 Å². The number of carbonyl (C=O) groups is 1. The predicted octanol–water partition coefficient (Wildman–Crippen LogP) is 3.02. The molecule has 1 saturated heterocycles. The molecule has 0 aromatic heterocycles. The lowest BCUT2D eigenvalue weighted by Crippen LogP contribution is -2.25. The third-order valence-electron chi connectivity index (χ3n) is 4.24. The molecule has 0 spiro atoms. The first kappa shape index (κ1) is 15.3. The average molecular weight is 295 g/mol. The van der Waals surface area contributed by atoms with Crippen LogP contribution in [0.1, 0.15) is 36.8 Å². The van der Waals surface area contributed by atoms with Crippen LogP contribution < -0.4 is 5.32 Å². The molecule has 1 aromatic carbocycles. The molecule has 0 atom stereocenters. The van der Waals surface area contributed by atoms with Gasteiger partial charge in [-0.3, -0.25) is 4.79 Å². The van der Waals surface area contributed by atoms with Gasteiger partial charge in [0.15, 0.2) is 0 Å². The standard InChI is InChI=1S/C16H22N2O.ClH/c19-16(8-11-18-9-1-2-10-18)17-15-7-6-13-4-3-5-14(13)12-15;/h6-7,12H,1-5,8-11H2,(H,17,19);1H. The molecule has 1 N–H and O–H groups in total. The summed E-state index contributed by atoms with van der Waals surface area (Å²) in [7, 11) is 0. The Balaban J connectivity index is 0.00000147. The summed E-state index contributed by atoms with van der Waals surface area (Å²) in [6.45, 7) is 3.22. The van der Waals surface area contributed by atoms with Crippen molar-refractivity contribution in [3.05, 3.63) is 29.3 Å². The number of amides is 1. The summed E-state index contributed by atoms with van der Waals surface area (Å²) < 4.78 is 0. The molecule has 0 unspecified atom stereocenters. The van der Waals surface area contributed by atoms with E-state index in [1.807, 2.05) is 6.07 Å². The van der Waals surface area contributed by atoms with E-state index in [1.54, 1.807) is 0 Å². The average Bonchev–Trinajstić information content (AvgIpc) is 3.07. The number of nitrogens with one attached hydrogen (secondary N) is 1. The fraction of sp³-hybridized carbons (Fsp3) is 0.562. The van der Waals surface area contributed by atoms with E-state index in [-0.39, 0.29) is 18.3 Å². The van der Waals surface area contributed by atoms with Crippen LogP contribution in [0.5, 0.6) is 0 Å². The summed E-state index contributed by atoms with van der Waals surface area (Å²) in [5.74, 6) is 0.143. The molecule has 2 aliphatic rings. The first-order valence-corrected chi connectivity index (χ1v) is 7.45. The molecule has 1 heterocycles. The van der Waals surface area contributed by atoms with Gasteiger partial charge in [-0.25, -0.2) is 0 Å². The lowest BCUT2D eigenvalue weighted by molar-refractivity contribution is -0.116. The summed E-state index contributed by atoms with van der Waals surface area (Å²) >= 11 is 0. The van der Waals surface area contributed by atoms with Crippen molar-refractivity contribution in [2.45, 2.75) is 38.5 Å². The first-order chi connectivity index (χ1) is 9.31. The molecular weight excluding hydrogens is 272 g/mol. The summed E-state index contributed by atoms with van der Waals surface area (Å²) in [5.41, 5.74) is 3.83. The van der Waals surface area contributed by atoms with E-state index in [4.69, 9.17) is 0 Å². The maximum absolute atomic E-state index is 11.9. The van der Waals surface area contributed by atoms with E-state index in [1.165, 1.54) is 36.8 Å². The van der Waals surface area contributed by atoms with E-state index in [9.17, 15) is 4.79 Å². The number of anilines is 1. The molecule has 0 bridgehead atoms. The van der Waals surface area contributed by atoms with Crippen LogP contribution in [0.25, 0.3) is 0 Å². The Morgan fingerprint density at radius 2 is 1.85 bits per heavy atom. The zero-order chi connectivity index (χ0) is 13.1. The maximum atomic E-state index is 11.9. The Bertz CT molecular complexity index is 470. The highest BCUT2D eigenvalue weighted by Crippen LogP contribution is 2.24. The number of hydrogen-bond acceptors (Lipinski definition) is 2. The SMILES string of the molecule is Cl.O=C(CCN1CCCC1)Nc1ccc2c(c1)CCC2. The van der Waals surface area contributed by atoms with Crippen LogP contribution >= 0.6 is 12.4 Å². The molecule has 1 fully saturated rings. The van der Waals surface area contributed by atoms with Gasteiger partial charge in [0, 0.05) is 18.7 Å². The second-order valence-electron chi connectivity index (χ2n) is 5.68. The number of rotatable bonds is 4. The van der Waals surface area contributed by atoms with Gasteiger partial charge in [-0.15, -0.1) is 12.4 Å². The van der Waals surface area contributed by atoms with E-state index >= 15 is 0 Å². The van der Waals surface area contributed by atoms with Gasteiger partial charge in [-0.1, -0.05) is 6.07 Å². The topological polar surface area (TPSA) is 32.3 Å². The number of nitrogens with zero attached hydrogens (tertiary/aromatic N) is 1. The number of benzene rings is 1. The van der Waals surface area contributed by atoms with Gasteiger partial charge in [0.05, 0.1) is 0 Å². The maximum Gasteiger partial charge on any atom is 0.225 e. The number of likely N-dealkylation sites (tertiary alicyclic amines) is 1. The third-order valence-corrected chi connectivity index (χ3v) is 4.24. The normalized spacial score (nSPS) is 17.6. The van der Waals surface area contributed by atoms with Crippen LogP contribution in [0, 0.1) is 0 Å². The largest absolute Gasteiger partial charge is 0.326 e. The van der Waals surface area contributed by atoms with E-state index in [0.717, 1.165) is 31.7 Å². The minimum atomic E-state index is 0. The molecule has 110 valence electrons. The molecule has 0 saturated carbocycles. The Kier molecular flexibility index (Phi) is 5.44. The zero-order valence-electron chi connectivity index (χ0n) is 11.9. The number of hydrogen-bond donors (Lipinski definition) is 1. The fourth-order valence-electron chi connectivity index (χ4n) is 3.14. The Labute approximate surface area is 127 Å². The number of fused-ring (bicyclic) bond motifs is 1. The lowest BCUT2D eigenvalue weighted by Gasteiger charge is -2.14. The molecule has 1 amide bonds. The summed E-state index contributed by atoms with van der Waals surface area (Å²) in [6.07, 6.45) is 6.78. The van der Waals surface area contributed by atoms with Crippen molar-refractivity contribution in [3.8, 4) is 0 Å². The van der Waals surface area contributed by atoms with Crippen LogP contribution in [0.3, 0.4) is 0 Å². The van der Waals surface area contributed by atoms with Crippen molar-refractivity contribution in [2.24, 2.45) is 0 Å². The molecule has 1 aliphatic carbocycles. The highest BCUT2D eigenvalue weighted by atomic mass is 35.5. The van der Waals surface area contributed by atoms with Gasteiger partial charge in [-0.2, -0.15) is 0 Å². The minimum absolute atomic E-state index is 0. The molecular formula is C16H23ClN2O. The van der Waals surface area contributed by atoms with E-state index < -0.39 is 0 Å². The predicted molar refractivity (Wildman–Crippen MR) is 84.6 cm³/mol. The number of aryl methyl sites for hydroxylation is 2. The van der Waals surface area contributed by atoms with Crippen molar-refractivity contribution in [1.29, 1.82) is 0 Å². The number of halogens is 1. The van der Waals surface area contributed by atoms with Crippen molar-refractivity contribution in [1.82, 2.24) is 4.90 Å². The monoisotopic (exact) mass is 294 g/mol. The zero-order valence-corrected chi connectivity index (χ0v) is 12.7. The molecule has 3 nitrogen and oxygen atoms in total. The molecule has 1 aromatic rings. The molecule has 20 heavy (non-hydrogen) atoms. The lowest BCUT2D eigenvalue weighted by atomic mass is 10.1. The van der Waals surface area contributed by atoms with E-state index in [0.29, 0.717) is 6.42 Å². The van der Waals surface area contributed by atoms with Crippen molar-refractivity contribution in [3.63, 3.8) is 0 Å². The third kappa shape index (κ3) is 3.74. The molecule has 4 heteroatoms. The number of carbonyl (C=O) groups excluding carboxylic acids is 1. The smallest absolute Gasteiger partial charge is 0.225 e. The van der Waals surface area contributed by atoms with Crippen molar-refractivity contribution in [2.75, 3.05) is 25.0 Å². The van der Waals surface area contributed by atoms with Crippen molar-refractivity contribution < 1.29 is 4.79 Å². The summed E-state index contributed by atoms with van der Waals surface area (Å²) in [4.78, 5) is 14.3. The van der Waals surface area contributed by atoms with Gasteiger partial charge in [0.25, 0.3) is 0 Å². The summed E-state index contributed by atoms with van der Waals surface area (Å²) in [5, 5.41) is 3.03. The van der Waals surface area contributed by atoms with Gasteiger partial charge in [0.2, 0.25) is 5.91 Å². The highest BCUT2D eigenvalue weighted by Gasteiger charge is 2.14. The van der Waals surface area contributed by atoms with Gasteiger partial charge in [0.1, 0.15) is 0 Å². The fourth-order valence-corrected chi connectivity index (χ4v) is 3.14. The summed E-state index contributed by atoms with van der Waals surface area (Å²) in [6, 6.07) is 6.35. The molecule has 0 radical (unpaired) electrons. The molecule has 3 rings (SSSR count). The second kappa shape index (κ2) is 7.09. The minimum Gasteiger partial charge on any atom is -0.326 e. The Hall–Kier alpha value is -1.06. The Morgan fingerprint density at radius 3 is 2.65 bits per heavy atom. The highest BCUT2D eigenvalue weighted by molar-refractivity contribution is 5.91. The van der Waals surface area contributed by atoms with Crippen LogP contribution in [0.4, 0.5) is 5.69 Å². The van der Waals surface area contributed by atoms with Crippen LogP contribution in [-0.2, 0) is 17.6 Å². The van der Waals surface area contributed by atoms with Crippen LogP contribution in [0.15, 0.2) is 18.2 Å².